The highest BCUT2D eigenvalue weighted by atomic mass is 79.9. The van der Waals surface area contributed by atoms with Crippen LogP contribution in [0.1, 0.15) is 25.3 Å². The van der Waals surface area contributed by atoms with Gasteiger partial charge in [-0.1, -0.05) is 28.1 Å². The molecule has 0 aromatic heterocycles. The Bertz CT molecular complexity index is 831. The summed E-state index contributed by atoms with van der Waals surface area (Å²) in [4.78, 5) is 25.3. The number of nitrogens with one attached hydrogen (secondary N) is 1. The van der Waals surface area contributed by atoms with Crippen LogP contribution >= 0.6 is 15.9 Å². The van der Waals surface area contributed by atoms with Crippen LogP contribution in [-0.4, -0.2) is 59.2 Å². The second-order valence-corrected chi connectivity index (χ2v) is 8.11. The Balaban J connectivity index is 2.95. The van der Waals surface area contributed by atoms with Crippen LogP contribution in [0.25, 0.3) is 0 Å². The molecule has 1 aliphatic heterocycles. The maximum atomic E-state index is 14.0. The third-order valence-corrected chi connectivity index (χ3v) is 5.73. The van der Waals surface area contributed by atoms with Crippen molar-refractivity contribution in [1.29, 1.82) is 0 Å². The van der Waals surface area contributed by atoms with E-state index in [-0.39, 0.29) is 5.56 Å². The van der Waals surface area contributed by atoms with Crippen LogP contribution in [0.5, 0.6) is 0 Å². The number of benzene rings is 1. The van der Waals surface area contributed by atoms with Crippen molar-refractivity contribution in [3.63, 3.8) is 0 Å². The number of rotatable bonds is 5. The molecule has 0 bridgehead atoms. The van der Waals surface area contributed by atoms with Gasteiger partial charge in [0.25, 0.3) is 0 Å². The van der Waals surface area contributed by atoms with E-state index in [4.69, 9.17) is 0 Å². The van der Waals surface area contributed by atoms with Crippen molar-refractivity contribution < 1.29 is 55.6 Å². The molecule has 1 heterocycles. The van der Waals surface area contributed by atoms with Crippen LogP contribution in [0.15, 0.2) is 28.7 Å². The monoisotopic (exact) mass is 551 g/mol. The minimum atomic E-state index is -5.92. The molecule has 14 heteroatoms. The van der Waals surface area contributed by atoms with Gasteiger partial charge in [-0.2, -0.15) is 26.3 Å². The Kier molecular flexibility index (Phi) is 7.78. The molecule has 1 aromatic carbocycles. The van der Waals surface area contributed by atoms with E-state index in [2.05, 4.69) is 25.4 Å². The molecule has 33 heavy (non-hydrogen) atoms. The first kappa shape index (κ1) is 27.3. The lowest BCUT2D eigenvalue weighted by Crippen LogP contribution is -2.81. The zero-order chi connectivity index (χ0) is 25.4. The first-order chi connectivity index (χ1) is 15.0. The topological polar surface area (TPSA) is 105 Å². The molecule has 2 rings (SSSR count). The number of hydrogen-bond acceptors (Lipinski definition) is 7. The first-order valence-corrected chi connectivity index (χ1v) is 10.3. The van der Waals surface area contributed by atoms with Gasteiger partial charge in [-0.05, 0) is 31.5 Å². The molecule has 5 atom stereocenters. The van der Waals surface area contributed by atoms with E-state index in [1.54, 1.807) is 0 Å². The normalized spacial score (nSPS) is 30.6. The highest BCUT2D eigenvalue weighted by molar-refractivity contribution is 9.10. The lowest BCUT2D eigenvalue weighted by atomic mass is 9.64. The van der Waals surface area contributed by atoms with E-state index < -0.39 is 66.7 Å². The Morgan fingerprint density at radius 2 is 1.27 bits per heavy atom. The van der Waals surface area contributed by atoms with Gasteiger partial charge < -0.3 is 19.7 Å². The fourth-order valence-corrected chi connectivity index (χ4v) is 4.09. The van der Waals surface area contributed by atoms with Crippen LogP contribution in [0, 0.1) is 11.8 Å². The SMILES string of the molecule is CCOC(=O)[C@@H]1C(c2ccc(Br)cc2)[C@H](C(=O)OCC)[C@@](O)(C(F)(F)F)N[C@]1(O)C(F)(F)F. The molecule has 7 nitrogen and oxygen atoms in total. The zero-order valence-corrected chi connectivity index (χ0v) is 18.7. The van der Waals surface area contributed by atoms with Crippen molar-refractivity contribution in [3.05, 3.63) is 34.3 Å². The minimum Gasteiger partial charge on any atom is -0.466 e. The molecule has 0 radical (unpaired) electrons. The predicted octanol–water partition coefficient (Wildman–Crippen LogP) is 3.00. The molecule has 186 valence electrons. The molecule has 1 unspecified atom stereocenters. The van der Waals surface area contributed by atoms with Crippen LogP contribution in [0.3, 0.4) is 0 Å². The molecule has 1 saturated heterocycles. The second-order valence-electron chi connectivity index (χ2n) is 7.19. The molecule has 1 aromatic rings. The highest BCUT2D eigenvalue weighted by Crippen LogP contribution is 2.55. The molecule has 0 spiro atoms. The Labute approximate surface area is 192 Å². The van der Waals surface area contributed by atoms with E-state index in [0.29, 0.717) is 4.47 Å². The predicted molar refractivity (Wildman–Crippen MR) is 102 cm³/mol. The number of hydrogen-bond donors (Lipinski definition) is 3. The molecule has 0 amide bonds. The summed E-state index contributed by atoms with van der Waals surface area (Å²) in [5.41, 5.74) is -9.66. The summed E-state index contributed by atoms with van der Waals surface area (Å²) in [7, 11) is 0. The maximum Gasteiger partial charge on any atom is 0.432 e. The van der Waals surface area contributed by atoms with Gasteiger partial charge >= 0.3 is 24.3 Å². The van der Waals surface area contributed by atoms with Crippen molar-refractivity contribution in [1.82, 2.24) is 5.32 Å². The van der Waals surface area contributed by atoms with Crippen LogP contribution in [-0.2, 0) is 19.1 Å². The van der Waals surface area contributed by atoms with Crippen LogP contribution in [0.2, 0.25) is 0 Å². The number of ether oxygens (including phenoxy) is 2. The molecule has 0 saturated carbocycles. The smallest absolute Gasteiger partial charge is 0.432 e. The van der Waals surface area contributed by atoms with Gasteiger partial charge in [0.15, 0.2) is 0 Å². The van der Waals surface area contributed by atoms with E-state index in [1.165, 1.54) is 26.0 Å². The average Bonchev–Trinajstić information content (AvgIpc) is 2.66. The van der Waals surface area contributed by atoms with Crippen LogP contribution in [0.4, 0.5) is 26.3 Å². The fourth-order valence-electron chi connectivity index (χ4n) is 3.82. The van der Waals surface area contributed by atoms with Gasteiger partial charge in [0.05, 0.1) is 13.2 Å². The highest BCUT2D eigenvalue weighted by Gasteiger charge is 2.78. The van der Waals surface area contributed by atoms with Crippen molar-refractivity contribution in [3.8, 4) is 0 Å². The van der Waals surface area contributed by atoms with Crippen molar-refractivity contribution in [2.24, 2.45) is 11.8 Å². The first-order valence-electron chi connectivity index (χ1n) is 9.51. The lowest BCUT2D eigenvalue weighted by Gasteiger charge is -2.54. The number of esters is 2. The average molecular weight is 552 g/mol. The molecule has 1 fully saturated rings. The number of carbonyl (C=O) groups is 2. The quantitative estimate of drug-likeness (QED) is 0.381. The maximum absolute atomic E-state index is 14.0. The van der Waals surface area contributed by atoms with E-state index in [9.17, 15) is 46.1 Å². The standard InChI is InChI=1S/C19H20BrF6NO6/c1-3-32-14(28)12-11(9-5-7-10(20)8-6-9)13(15(29)33-4-2)17(31,19(24,25)26)27-16(12,30)18(21,22)23/h5-8,11-13,27,30-31H,3-4H2,1-2H3/t11?,12-,13+,16-,17-/m1/s1. The summed E-state index contributed by atoms with van der Waals surface area (Å²) < 4.78 is 93.7. The Morgan fingerprint density at radius 3 is 1.58 bits per heavy atom. The largest absolute Gasteiger partial charge is 0.466 e. The van der Waals surface area contributed by atoms with E-state index in [0.717, 1.165) is 17.4 Å². The Morgan fingerprint density at radius 1 is 0.909 bits per heavy atom. The number of alkyl halides is 6. The summed E-state index contributed by atoms with van der Waals surface area (Å²) in [5.74, 6) is -11.5. The molecular weight excluding hydrogens is 532 g/mol. The van der Waals surface area contributed by atoms with Gasteiger partial charge in [-0.15, -0.1) is 0 Å². The third-order valence-electron chi connectivity index (χ3n) is 5.20. The van der Waals surface area contributed by atoms with E-state index in [1.807, 2.05) is 0 Å². The lowest BCUT2D eigenvalue weighted by molar-refractivity contribution is -0.376. The Hall–Kier alpha value is -1.90. The van der Waals surface area contributed by atoms with Gasteiger partial charge in [0, 0.05) is 10.4 Å². The number of halogens is 7. The summed E-state index contributed by atoms with van der Waals surface area (Å²) in [6, 6.07) is 4.57. The fraction of sp³-hybridized carbons (Fsp3) is 0.579. The van der Waals surface area contributed by atoms with Crippen LogP contribution < -0.4 is 5.32 Å². The zero-order valence-electron chi connectivity index (χ0n) is 17.1. The summed E-state index contributed by atoms with van der Waals surface area (Å²) >= 11 is 3.06. The number of carbonyl (C=O) groups excluding carboxylic acids is 2. The second kappa shape index (κ2) is 9.39. The molecule has 1 aliphatic rings. The summed E-state index contributed by atoms with van der Waals surface area (Å²) in [6.07, 6.45) is -11.8. The number of piperidine rings is 1. The van der Waals surface area contributed by atoms with Gasteiger partial charge in [-0.25, -0.2) is 5.32 Å². The molecular formula is C19H20BrF6NO6. The van der Waals surface area contributed by atoms with Gasteiger partial charge in [-0.3, -0.25) is 9.59 Å². The van der Waals surface area contributed by atoms with E-state index >= 15 is 0 Å². The van der Waals surface area contributed by atoms with Crippen molar-refractivity contribution >= 4 is 27.9 Å². The summed E-state index contributed by atoms with van der Waals surface area (Å²) in [6.45, 7) is 1.49. The van der Waals surface area contributed by atoms with Crippen molar-refractivity contribution in [2.75, 3.05) is 13.2 Å². The minimum absolute atomic E-state index is 0.373. The molecule has 3 N–H and O–H groups in total. The summed E-state index contributed by atoms with van der Waals surface area (Å²) in [5, 5.41) is 21.8. The van der Waals surface area contributed by atoms with Gasteiger partial charge in [0.1, 0.15) is 11.8 Å². The number of aliphatic hydroxyl groups is 2. The van der Waals surface area contributed by atoms with Gasteiger partial charge in [0.2, 0.25) is 11.4 Å². The molecule has 0 aliphatic carbocycles. The third kappa shape index (κ3) is 4.84. The van der Waals surface area contributed by atoms with Crippen molar-refractivity contribution in [2.45, 2.75) is 43.6 Å².